The van der Waals surface area contributed by atoms with E-state index in [1.165, 1.54) is 30.3 Å². The third kappa shape index (κ3) is 5.55. The van der Waals surface area contributed by atoms with Gasteiger partial charge in [0.1, 0.15) is 12.0 Å². The number of aryl methyl sites for hydroxylation is 1. The van der Waals surface area contributed by atoms with Crippen LogP contribution in [0.3, 0.4) is 0 Å². The van der Waals surface area contributed by atoms with Crippen molar-refractivity contribution in [2.45, 2.75) is 32.1 Å². The van der Waals surface area contributed by atoms with Gasteiger partial charge in [-0.25, -0.2) is 15.4 Å². The van der Waals surface area contributed by atoms with Gasteiger partial charge in [-0.2, -0.15) is 5.10 Å². The minimum Gasteiger partial charge on any atom is -0.383 e. The van der Waals surface area contributed by atoms with Crippen LogP contribution in [0.1, 0.15) is 46.8 Å². The number of methoxy groups -OCH3 is 2. The molecule has 0 aromatic carbocycles. The number of carbonyl (C=O) groups is 1. The molecule has 176 valence electrons. The molecule has 1 fully saturated rings. The van der Waals surface area contributed by atoms with E-state index in [1.807, 2.05) is 6.08 Å². The largest absolute Gasteiger partial charge is 0.383 e. The normalized spacial score (nSPS) is 17.2. The van der Waals surface area contributed by atoms with Gasteiger partial charge in [0.05, 0.1) is 18.8 Å². The SMILES string of the molecule is COCCN(CCOC)CCc1c(C)[nH]c(C=C2C(=O)NN=C2c2cncnc2)c1C1CC1. The summed E-state index contributed by atoms with van der Waals surface area (Å²) in [6, 6.07) is 0. The Morgan fingerprint density at radius 3 is 2.45 bits per heavy atom. The van der Waals surface area contributed by atoms with Gasteiger partial charge in [-0.05, 0) is 49.3 Å². The molecule has 1 aliphatic heterocycles. The highest BCUT2D eigenvalue weighted by molar-refractivity contribution is 6.33. The van der Waals surface area contributed by atoms with Gasteiger partial charge in [-0.1, -0.05) is 0 Å². The monoisotopic (exact) mass is 452 g/mol. The number of nitrogens with one attached hydrogen (secondary N) is 2. The number of amides is 1. The number of carbonyl (C=O) groups excluding carboxylic acids is 1. The third-order valence-electron chi connectivity index (χ3n) is 6.17. The van der Waals surface area contributed by atoms with Crippen molar-refractivity contribution in [3.8, 4) is 0 Å². The summed E-state index contributed by atoms with van der Waals surface area (Å²) in [6.07, 6.45) is 10.0. The summed E-state index contributed by atoms with van der Waals surface area (Å²) in [5, 5.41) is 4.23. The Labute approximate surface area is 194 Å². The molecule has 33 heavy (non-hydrogen) atoms. The van der Waals surface area contributed by atoms with Crippen LogP contribution < -0.4 is 5.43 Å². The number of hydrogen-bond donors (Lipinski definition) is 2. The molecular weight excluding hydrogens is 420 g/mol. The van der Waals surface area contributed by atoms with Gasteiger partial charge >= 0.3 is 0 Å². The summed E-state index contributed by atoms with van der Waals surface area (Å²) in [5.41, 5.74) is 9.24. The van der Waals surface area contributed by atoms with E-state index in [0.717, 1.165) is 37.4 Å². The first-order chi connectivity index (χ1) is 16.1. The van der Waals surface area contributed by atoms with Crippen molar-refractivity contribution in [3.05, 3.63) is 52.4 Å². The van der Waals surface area contributed by atoms with E-state index in [-0.39, 0.29) is 5.91 Å². The number of hydrogen-bond acceptors (Lipinski definition) is 7. The van der Waals surface area contributed by atoms with Crippen LogP contribution in [0.25, 0.3) is 6.08 Å². The molecule has 0 saturated heterocycles. The number of aromatic amines is 1. The van der Waals surface area contributed by atoms with Crippen LogP contribution in [0.2, 0.25) is 0 Å². The average Bonchev–Trinajstić information content (AvgIpc) is 3.53. The number of aromatic nitrogens is 3. The fraction of sp³-hybridized carbons (Fsp3) is 0.500. The van der Waals surface area contributed by atoms with Crippen LogP contribution in [-0.4, -0.2) is 78.5 Å². The second kappa shape index (κ2) is 10.8. The van der Waals surface area contributed by atoms with Crippen LogP contribution in [0, 0.1) is 6.92 Å². The molecule has 0 bridgehead atoms. The quantitative estimate of drug-likeness (QED) is 0.478. The predicted octanol–water partition coefficient (Wildman–Crippen LogP) is 2.05. The zero-order valence-corrected chi connectivity index (χ0v) is 19.6. The molecule has 9 nitrogen and oxygen atoms in total. The van der Waals surface area contributed by atoms with Crippen molar-refractivity contribution >= 4 is 17.7 Å². The van der Waals surface area contributed by atoms with Crippen LogP contribution in [-0.2, 0) is 20.7 Å². The lowest BCUT2D eigenvalue weighted by molar-refractivity contribution is -0.116. The topological polar surface area (TPSA) is 105 Å². The first-order valence-corrected chi connectivity index (χ1v) is 11.4. The Morgan fingerprint density at radius 1 is 1.12 bits per heavy atom. The fourth-order valence-electron chi connectivity index (χ4n) is 4.28. The Morgan fingerprint density at radius 2 is 1.82 bits per heavy atom. The van der Waals surface area contributed by atoms with E-state index < -0.39 is 0 Å². The van der Waals surface area contributed by atoms with Crippen LogP contribution in [0.4, 0.5) is 0 Å². The average molecular weight is 453 g/mol. The van der Waals surface area contributed by atoms with Crippen LogP contribution >= 0.6 is 0 Å². The highest BCUT2D eigenvalue weighted by Crippen LogP contribution is 2.45. The molecule has 1 amide bonds. The molecule has 2 aromatic heterocycles. The molecule has 4 rings (SSSR count). The minimum atomic E-state index is -0.213. The van der Waals surface area contributed by atoms with Crippen molar-refractivity contribution in [1.29, 1.82) is 0 Å². The first-order valence-electron chi connectivity index (χ1n) is 11.4. The second-order valence-electron chi connectivity index (χ2n) is 8.49. The fourth-order valence-corrected chi connectivity index (χ4v) is 4.28. The molecule has 9 heteroatoms. The zero-order valence-electron chi connectivity index (χ0n) is 19.6. The Bertz CT molecular complexity index is 1020. The van der Waals surface area contributed by atoms with E-state index >= 15 is 0 Å². The second-order valence-corrected chi connectivity index (χ2v) is 8.49. The minimum absolute atomic E-state index is 0.213. The zero-order chi connectivity index (χ0) is 23.2. The number of ether oxygens (including phenoxy) is 2. The summed E-state index contributed by atoms with van der Waals surface area (Å²) in [7, 11) is 3.46. The molecule has 2 aromatic rings. The maximum atomic E-state index is 12.6. The summed E-state index contributed by atoms with van der Waals surface area (Å²) >= 11 is 0. The summed E-state index contributed by atoms with van der Waals surface area (Å²) in [4.78, 5) is 26.6. The first kappa shape index (κ1) is 23.3. The molecule has 0 radical (unpaired) electrons. The van der Waals surface area contributed by atoms with E-state index in [9.17, 15) is 4.79 Å². The maximum absolute atomic E-state index is 12.6. The highest BCUT2D eigenvalue weighted by Gasteiger charge is 2.32. The van der Waals surface area contributed by atoms with Crippen LogP contribution in [0.15, 0.2) is 29.4 Å². The van der Waals surface area contributed by atoms with Crippen molar-refractivity contribution in [2.75, 3.05) is 47.1 Å². The maximum Gasteiger partial charge on any atom is 0.273 e. The highest BCUT2D eigenvalue weighted by atomic mass is 16.5. The van der Waals surface area contributed by atoms with Crippen molar-refractivity contribution in [2.24, 2.45) is 5.10 Å². The number of rotatable bonds is 12. The van der Waals surface area contributed by atoms with E-state index in [1.54, 1.807) is 26.6 Å². The Balaban J connectivity index is 1.59. The van der Waals surface area contributed by atoms with Gasteiger partial charge in [0, 0.05) is 63.2 Å². The van der Waals surface area contributed by atoms with Crippen molar-refractivity contribution in [3.63, 3.8) is 0 Å². The van der Waals surface area contributed by atoms with Crippen molar-refractivity contribution < 1.29 is 14.3 Å². The molecule has 3 heterocycles. The number of hydrazone groups is 1. The van der Waals surface area contributed by atoms with E-state index in [2.05, 4.69) is 37.3 Å². The van der Waals surface area contributed by atoms with Gasteiger partial charge in [-0.15, -0.1) is 0 Å². The third-order valence-corrected chi connectivity index (χ3v) is 6.17. The van der Waals surface area contributed by atoms with Gasteiger partial charge in [0.2, 0.25) is 0 Å². The standard InChI is InChI=1S/C24H32N6O3/c1-16-19(6-7-30(8-10-32-2)9-11-33-3)22(17-4-5-17)21(27-16)12-20-23(28-29-24(20)31)18-13-25-15-26-14-18/h12-15,17,27H,4-11H2,1-3H3,(H,29,31). The van der Waals surface area contributed by atoms with Gasteiger partial charge in [0.15, 0.2) is 0 Å². The summed E-state index contributed by atoms with van der Waals surface area (Å²) in [5.74, 6) is 0.322. The molecular formula is C24H32N6O3. The molecule has 2 N–H and O–H groups in total. The van der Waals surface area contributed by atoms with E-state index in [0.29, 0.717) is 36.0 Å². The lowest BCUT2D eigenvalue weighted by Crippen LogP contribution is -2.32. The van der Waals surface area contributed by atoms with Gasteiger partial charge in [-0.3, -0.25) is 9.69 Å². The molecule has 0 atom stereocenters. The Hall–Kier alpha value is -2.88. The number of nitrogens with zero attached hydrogens (tertiary/aromatic N) is 4. The smallest absolute Gasteiger partial charge is 0.273 e. The molecule has 1 saturated carbocycles. The van der Waals surface area contributed by atoms with Crippen molar-refractivity contribution in [1.82, 2.24) is 25.3 Å². The van der Waals surface area contributed by atoms with Crippen LogP contribution in [0.5, 0.6) is 0 Å². The lowest BCUT2D eigenvalue weighted by atomic mass is 9.98. The van der Waals surface area contributed by atoms with Gasteiger partial charge < -0.3 is 14.5 Å². The van der Waals surface area contributed by atoms with E-state index in [4.69, 9.17) is 9.47 Å². The lowest BCUT2D eigenvalue weighted by Gasteiger charge is -2.22. The molecule has 1 aliphatic carbocycles. The Kier molecular flexibility index (Phi) is 7.64. The molecule has 2 aliphatic rings. The van der Waals surface area contributed by atoms with Gasteiger partial charge in [0.25, 0.3) is 5.91 Å². The summed E-state index contributed by atoms with van der Waals surface area (Å²) in [6.45, 7) is 6.19. The predicted molar refractivity (Wildman–Crippen MR) is 126 cm³/mol. The number of H-pyrrole nitrogens is 1. The summed E-state index contributed by atoms with van der Waals surface area (Å²) < 4.78 is 10.6. The molecule has 0 spiro atoms. The molecule has 0 unspecified atom stereocenters.